The second-order valence-corrected chi connectivity index (χ2v) is 12.2. The zero-order valence-corrected chi connectivity index (χ0v) is 28.2. The molecule has 5 nitrogen and oxygen atoms in total. The molecule has 0 radical (unpaired) electrons. The summed E-state index contributed by atoms with van der Waals surface area (Å²) in [5, 5.41) is 0. The molecule has 250 valence electrons. The number of benzene rings is 3. The second kappa shape index (κ2) is 21.2. The minimum absolute atomic E-state index is 0.0808. The topological polar surface area (TPSA) is 61.8 Å². The van der Waals surface area contributed by atoms with Crippen molar-refractivity contribution >= 4 is 11.9 Å². The van der Waals surface area contributed by atoms with E-state index in [1.807, 2.05) is 43.3 Å². The zero-order valence-electron chi connectivity index (χ0n) is 28.2. The van der Waals surface area contributed by atoms with Gasteiger partial charge in [0.25, 0.3) is 0 Å². The minimum atomic E-state index is -0.800. The molecule has 0 aliphatic rings. The lowest BCUT2D eigenvalue weighted by Gasteiger charge is -2.13. The lowest BCUT2D eigenvalue weighted by molar-refractivity contribution is 0.0319. The van der Waals surface area contributed by atoms with E-state index in [0.717, 1.165) is 68.1 Å². The van der Waals surface area contributed by atoms with Crippen LogP contribution in [0.3, 0.4) is 0 Å². The van der Waals surface area contributed by atoms with Crippen LogP contribution in [0.15, 0.2) is 66.7 Å². The molecule has 0 aromatic heterocycles. The number of carbonyl (C=O) groups is 2. The van der Waals surface area contributed by atoms with Gasteiger partial charge in [-0.1, -0.05) is 115 Å². The van der Waals surface area contributed by atoms with Gasteiger partial charge in [-0.05, 0) is 79.8 Å². The lowest BCUT2D eigenvalue weighted by atomic mass is 10.0. The van der Waals surface area contributed by atoms with Crippen LogP contribution in [0.2, 0.25) is 0 Å². The van der Waals surface area contributed by atoms with Crippen LogP contribution >= 0.6 is 0 Å². The number of ether oxygens (including phenoxy) is 3. The third kappa shape index (κ3) is 13.4. The summed E-state index contributed by atoms with van der Waals surface area (Å²) >= 11 is 0. The first-order valence-corrected chi connectivity index (χ1v) is 17.5. The van der Waals surface area contributed by atoms with Gasteiger partial charge in [0.1, 0.15) is 5.75 Å². The highest BCUT2D eigenvalue weighted by molar-refractivity contribution is 5.92. The fraction of sp³-hybridized carbons (Fsp3) is 0.500. The summed E-state index contributed by atoms with van der Waals surface area (Å²) in [4.78, 5) is 25.2. The molecule has 0 spiro atoms. The normalized spacial score (nSPS) is 11.7. The van der Waals surface area contributed by atoms with E-state index in [4.69, 9.17) is 14.2 Å². The number of unbranched alkanes of at least 4 members (excludes halogenated alkanes) is 12. The highest BCUT2D eigenvalue weighted by Gasteiger charge is 2.17. The van der Waals surface area contributed by atoms with Gasteiger partial charge < -0.3 is 14.2 Å². The summed E-state index contributed by atoms with van der Waals surface area (Å²) in [7, 11) is 0. The van der Waals surface area contributed by atoms with Crippen LogP contribution in [-0.2, 0) is 4.74 Å². The Balaban J connectivity index is 1.40. The average Bonchev–Trinajstić information content (AvgIpc) is 3.07. The fourth-order valence-electron chi connectivity index (χ4n) is 5.36. The number of halogens is 1. The van der Waals surface area contributed by atoms with E-state index in [1.54, 1.807) is 12.1 Å². The van der Waals surface area contributed by atoms with Gasteiger partial charge in [-0.25, -0.2) is 14.0 Å². The van der Waals surface area contributed by atoms with E-state index in [1.165, 1.54) is 69.9 Å². The molecule has 0 fully saturated rings. The van der Waals surface area contributed by atoms with E-state index >= 15 is 0 Å². The maximum atomic E-state index is 14.7. The van der Waals surface area contributed by atoms with Gasteiger partial charge in [-0.3, -0.25) is 0 Å². The molecular weight excluding hydrogens is 579 g/mol. The van der Waals surface area contributed by atoms with Gasteiger partial charge in [0.2, 0.25) is 0 Å². The Kier molecular flexibility index (Phi) is 16.9. The van der Waals surface area contributed by atoms with Crippen molar-refractivity contribution in [2.24, 2.45) is 0 Å². The Morgan fingerprint density at radius 2 is 1.15 bits per heavy atom. The first-order valence-electron chi connectivity index (χ1n) is 17.5. The average molecular weight is 633 g/mol. The first-order chi connectivity index (χ1) is 22.4. The van der Waals surface area contributed by atoms with Gasteiger partial charge in [0.15, 0.2) is 11.6 Å². The highest BCUT2D eigenvalue weighted by atomic mass is 19.1. The third-order valence-electron chi connectivity index (χ3n) is 8.22. The number of esters is 2. The van der Waals surface area contributed by atoms with Crippen molar-refractivity contribution in [2.45, 2.75) is 123 Å². The predicted octanol–water partition coefficient (Wildman–Crippen LogP) is 11.5. The molecule has 46 heavy (non-hydrogen) atoms. The van der Waals surface area contributed by atoms with Crippen molar-refractivity contribution in [3.05, 3.63) is 83.7 Å². The van der Waals surface area contributed by atoms with Crippen molar-refractivity contribution in [3.63, 3.8) is 0 Å². The summed E-state index contributed by atoms with van der Waals surface area (Å²) in [6.07, 6.45) is 17.9. The highest BCUT2D eigenvalue weighted by Crippen LogP contribution is 2.25. The largest absolute Gasteiger partial charge is 0.494 e. The van der Waals surface area contributed by atoms with Crippen LogP contribution in [0.25, 0.3) is 11.1 Å². The number of rotatable bonds is 22. The molecule has 0 saturated carbocycles. The molecule has 0 bridgehead atoms. The Morgan fingerprint density at radius 3 is 1.74 bits per heavy atom. The van der Waals surface area contributed by atoms with Crippen molar-refractivity contribution in [1.29, 1.82) is 0 Å². The van der Waals surface area contributed by atoms with Gasteiger partial charge in [0.05, 0.1) is 23.8 Å². The van der Waals surface area contributed by atoms with Gasteiger partial charge in [-0.2, -0.15) is 0 Å². The van der Waals surface area contributed by atoms with Crippen LogP contribution in [0.4, 0.5) is 4.39 Å². The predicted molar refractivity (Wildman–Crippen MR) is 184 cm³/mol. The van der Waals surface area contributed by atoms with E-state index < -0.39 is 17.8 Å². The van der Waals surface area contributed by atoms with Crippen LogP contribution in [0.1, 0.15) is 138 Å². The smallest absolute Gasteiger partial charge is 0.343 e. The van der Waals surface area contributed by atoms with Crippen LogP contribution in [0.5, 0.6) is 11.5 Å². The standard InChI is InChI=1S/C40H53FO5/c1-4-6-8-10-11-12-13-14-15-17-29-44-36-26-23-33(24-27-36)32-19-21-34(22-20-32)39(42)46-38-28-25-35(30-37(38)41)40(43)45-31(3)18-16-9-7-5-2/h19-28,30-31H,4-18,29H2,1-3H3/t31-/m1/s1. The number of carbonyl (C=O) groups excluding carboxylic acids is 2. The van der Waals surface area contributed by atoms with Crippen LogP contribution in [-0.4, -0.2) is 24.6 Å². The second-order valence-electron chi connectivity index (χ2n) is 12.2. The third-order valence-corrected chi connectivity index (χ3v) is 8.22. The maximum Gasteiger partial charge on any atom is 0.343 e. The molecule has 0 N–H and O–H groups in total. The van der Waals surface area contributed by atoms with E-state index in [2.05, 4.69) is 13.8 Å². The Morgan fingerprint density at radius 1 is 0.630 bits per heavy atom. The summed E-state index contributed by atoms with van der Waals surface area (Å²) in [5.41, 5.74) is 2.30. The monoisotopic (exact) mass is 632 g/mol. The summed E-state index contributed by atoms with van der Waals surface area (Å²) in [6.45, 7) is 6.96. The molecule has 0 unspecified atom stereocenters. The molecule has 6 heteroatoms. The molecular formula is C40H53FO5. The van der Waals surface area contributed by atoms with Crippen LogP contribution in [0, 0.1) is 5.82 Å². The SMILES string of the molecule is CCCCCCCCCCCCOc1ccc(-c2ccc(C(=O)Oc3ccc(C(=O)O[C@H](C)CCCCCC)cc3F)cc2)cc1. The van der Waals surface area contributed by atoms with Crippen molar-refractivity contribution in [1.82, 2.24) is 0 Å². The van der Waals surface area contributed by atoms with E-state index in [9.17, 15) is 14.0 Å². The molecule has 3 rings (SSSR count). The quantitative estimate of drug-likeness (QED) is 0.0626. The van der Waals surface area contributed by atoms with Crippen molar-refractivity contribution in [2.75, 3.05) is 6.61 Å². The molecule has 0 amide bonds. The van der Waals surface area contributed by atoms with Crippen molar-refractivity contribution < 1.29 is 28.2 Å². The van der Waals surface area contributed by atoms with Gasteiger partial charge >= 0.3 is 11.9 Å². The molecule has 3 aromatic rings. The lowest BCUT2D eigenvalue weighted by Crippen LogP contribution is -2.15. The van der Waals surface area contributed by atoms with Crippen LogP contribution < -0.4 is 9.47 Å². The fourth-order valence-corrected chi connectivity index (χ4v) is 5.36. The van der Waals surface area contributed by atoms with E-state index in [0.29, 0.717) is 5.56 Å². The molecule has 0 aliphatic heterocycles. The first kappa shape index (κ1) is 36.8. The summed E-state index contributed by atoms with van der Waals surface area (Å²) < 4.78 is 31.4. The molecule has 3 aromatic carbocycles. The Labute approximate surface area is 275 Å². The zero-order chi connectivity index (χ0) is 33.0. The van der Waals surface area contributed by atoms with Gasteiger partial charge in [0, 0.05) is 0 Å². The number of hydrogen-bond donors (Lipinski definition) is 0. The summed E-state index contributed by atoms with van der Waals surface area (Å²) in [5.74, 6) is -1.48. The number of hydrogen-bond acceptors (Lipinski definition) is 5. The maximum absolute atomic E-state index is 14.7. The molecule has 1 atom stereocenters. The molecule has 0 saturated heterocycles. The molecule has 0 aliphatic carbocycles. The minimum Gasteiger partial charge on any atom is -0.494 e. The van der Waals surface area contributed by atoms with Gasteiger partial charge in [-0.15, -0.1) is 0 Å². The summed E-state index contributed by atoms with van der Waals surface area (Å²) in [6, 6.07) is 18.6. The molecule has 0 heterocycles. The Hall–Kier alpha value is -3.67. The Bertz CT molecular complexity index is 1300. The van der Waals surface area contributed by atoms with E-state index in [-0.39, 0.29) is 17.4 Å². The van der Waals surface area contributed by atoms with Crippen molar-refractivity contribution in [3.8, 4) is 22.6 Å².